The Hall–Kier alpha value is -3.59. The number of likely N-dealkylation sites (N-methyl/N-ethyl adjacent to an activating group) is 1. The van der Waals surface area contributed by atoms with Crippen molar-refractivity contribution in [3.05, 3.63) is 64.6 Å². The number of hydrogen-bond acceptors (Lipinski definition) is 6. The first-order valence-corrected chi connectivity index (χ1v) is 9.20. The summed E-state index contributed by atoms with van der Waals surface area (Å²) < 4.78 is 5.26. The molecule has 0 aromatic heterocycles. The summed E-state index contributed by atoms with van der Waals surface area (Å²) in [6.07, 6.45) is 1.61. The Bertz CT molecular complexity index is 1050. The van der Waals surface area contributed by atoms with E-state index in [1.165, 1.54) is 17.0 Å². The Balaban J connectivity index is 1.88. The lowest BCUT2D eigenvalue weighted by molar-refractivity contribution is -0.139. The van der Waals surface area contributed by atoms with Crippen LogP contribution in [0.5, 0.6) is 5.75 Å². The van der Waals surface area contributed by atoms with Gasteiger partial charge >= 0.3 is 11.9 Å². The number of benzene rings is 2. The normalized spacial score (nSPS) is 16.4. The van der Waals surface area contributed by atoms with Crippen LogP contribution in [0.2, 0.25) is 0 Å². The number of thioether (sulfide) groups is 1. The van der Waals surface area contributed by atoms with Crippen molar-refractivity contribution < 1.29 is 29.3 Å². The topological polar surface area (TPSA) is 117 Å². The van der Waals surface area contributed by atoms with Crippen molar-refractivity contribution in [2.75, 3.05) is 13.7 Å². The van der Waals surface area contributed by atoms with Crippen molar-refractivity contribution in [3.63, 3.8) is 0 Å². The molecule has 1 amide bonds. The van der Waals surface area contributed by atoms with Gasteiger partial charge in [-0.25, -0.2) is 14.6 Å². The molecule has 1 saturated heterocycles. The number of amides is 1. The van der Waals surface area contributed by atoms with Crippen LogP contribution in [-0.2, 0) is 9.59 Å². The number of hydrogen-bond donors (Lipinski definition) is 2. The van der Waals surface area contributed by atoms with Crippen molar-refractivity contribution >= 4 is 46.5 Å². The van der Waals surface area contributed by atoms with Crippen LogP contribution in [0.1, 0.15) is 15.9 Å². The van der Waals surface area contributed by atoms with Gasteiger partial charge in [0.15, 0.2) is 11.8 Å². The molecule has 0 atom stereocenters. The summed E-state index contributed by atoms with van der Waals surface area (Å²) >= 11 is 1.13. The molecule has 2 N–H and O–H groups in total. The lowest BCUT2D eigenvalue weighted by Crippen LogP contribution is -2.23. The zero-order chi connectivity index (χ0) is 21.0. The average molecular weight is 412 g/mol. The highest BCUT2D eigenvalue weighted by Gasteiger charge is 2.30. The quantitative estimate of drug-likeness (QED) is 0.700. The van der Waals surface area contributed by atoms with Crippen molar-refractivity contribution in [1.29, 1.82) is 0 Å². The highest BCUT2D eigenvalue weighted by molar-refractivity contribution is 8.18. The van der Waals surface area contributed by atoms with Crippen molar-refractivity contribution in [2.45, 2.75) is 0 Å². The van der Waals surface area contributed by atoms with Crippen LogP contribution in [0.3, 0.4) is 0 Å². The Morgan fingerprint density at radius 2 is 1.93 bits per heavy atom. The number of aromatic carboxylic acids is 1. The Labute approximate surface area is 170 Å². The first-order valence-electron chi connectivity index (χ1n) is 8.38. The van der Waals surface area contributed by atoms with Gasteiger partial charge in [0, 0.05) is 12.6 Å². The van der Waals surface area contributed by atoms with Crippen molar-refractivity contribution in [2.24, 2.45) is 4.99 Å². The molecule has 1 aliphatic heterocycles. The Morgan fingerprint density at radius 3 is 2.66 bits per heavy atom. The molecule has 3 rings (SSSR count). The fourth-order valence-corrected chi connectivity index (χ4v) is 3.46. The number of rotatable bonds is 6. The second-order valence-electron chi connectivity index (χ2n) is 5.94. The molecule has 2 aromatic rings. The minimum Gasteiger partial charge on any atom is -0.481 e. The molecule has 0 bridgehead atoms. The van der Waals surface area contributed by atoms with E-state index in [2.05, 4.69) is 4.99 Å². The highest BCUT2D eigenvalue weighted by Crippen LogP contribution is 2.34. The van der Waals surface area contributed by atoms with Gasteiger partial charge in [0.05, 0.1) is 16.2 Å². The molecule has 29 heavy (non-hydrogen) atoms. The molecule has 148 valence electrons. The maximum atomic E-state index is 12.6. The molecule has 0 spiro atoms. The number of amidine groups is 1. The van der Waals surface area contributed by atoms with Crippen LogP contribution in [-0.4, -0.2) is 51.8 Å². The summed E-state index contributed by atoms with van der Waals surface area (Å²) in [5, 5.41) is 18.3. The number of carbonyl (C=O) groups excluding carboxylic acids is 1. The van der Waals surface area contributed by atoms with Crippen LogP contribution in [0.15, 0.2) is 58.4 Å². The Morgan fingerprint density at radius 1 is 1.17 bits per heavy atom. The molecule has 9 heteroatoms. The molecule has 2 aromatic carbocycles. The van der Waals surface area contributed by atoms with Gasteiger partial charge in [-0.15, -0.1) is 0 Å². The summed E-state index contributed by atoms with van der Waals surface area (Å²) in [7, 11) is 1.57. The molecular weight excluding hydrogens is 396 g/mol. The van der Waals surface area contributed by atoms with E-state index in [-0.39, 0.29) is 11.5 Å². The van der Waals surface area contributed by atoms with E-state index in [0.717, 1.165) is 11.8 Å². The van der Waals surface area contributed by atoms with E-state index in [1.54, 1.807) is 49.5 Å². The van der Waals surface area contributed by atoms with Gasteiger partial charge in [0.25, 0.3) is 5.91 Å². The number of carboxylic acid groups (broad SMARTS) is 2. The second kappa shape index (κ2) is 8.61. The number of aliphatic imine (C=N–C) groups is 1. The first kappa shape index (κ1) is 20.2. The molecule has 0 aliphatic carbocycles. The summed E-state index contributed by atoms with van der Waals surface area (Å²) in [5.41, 5.74) is 1.08. The van der Waals surface area contributed by atoms with Crippen molar-refractivity contribution in [3.8, 4) is 5.75 Å². The fourth-order valence-electron chi connectivity index (χ4n) is 2.48. The molecule has 1 heterocycles. The van der Waals surface area contributed by atoms with E-state index in [4.69, 9.17) is 14.9 Å². The fraction of sp³-hybridized carbons (Fsp3) is 0.100. The van der Waals surface area contributed by atoms with Crippen LogP contribution in [0.25, 0.3) is 6.08 Å². The predicted octanol–water partition coefficient (Wildman–Crippen LogP) is 3.08. The average Bonchev–Trinajstić information content (AvgIpc) is 2.95. The third kappa shape index (κ3) is 4.82. The van der Waals surface area contributed by atoms with E-state index in [1.807, 2.05) is 0 Å². The zero-order valence-corrected chi connectivity index (χ0v) is 16.0. The van der Waals surface area contributed by atoms with E-state index >= 15 is 0 Å². The number of carboxylic acids is 2. The van der Waals surface area contributed by atoms with Gasteiger partial charge in [-0.1, -0.05) is 24.3 Å². The molecule has 1 fully saturated rings. The van der Waals surface area contributed by atoms with E-state index in [9.17, 15) is 14.4 Å². The maximum absolute atomic E-state index is 12.6. The molecular formula is C20H16N2O6S. The van der Waals surface area contributed by atoms with Gasteiger partial charge in [-0.05, 0) is 42.1 Å². The van der Waals surface area contributed by atoms with Crippen LogP contribution < -0.4 is 4.74 Å². The number of aliphatic carboxylic acids is 1. The zero-order valence-electron chi connectivity index (χ0n) is 15.2. The third-order valence-corrected chi connectivity index (χ3v) is 4.94. The van der Waals surface area contributed by atoms with Gasteiger partial charge in [-0.2, -0.15) is 0 Å². The Kier molecular flexibility index (Phi) is 5.99. The molecule has 8 nitrogen and oxygen atoms in total. The lowest BCUT2D eigenvalue weighted by Gasteiger charge is -2.08. The summed E-state index contributed by atoms with van der Waals surface area (Å²) in [6, 6.07) is 12.9. The summed E-state index contributed by atoms with van der Waals surface area (Å²) in [4.78, 5) is 40.6. The molecule has 0 radical (unpaired) electrons. The standard InChI is InChI=1S/C20H16N2O6S/c1-22-18(25)16(10-12-5-2-3-8-15(12)28-11-17(23)24)29-20(22)21-14-7-4-6-13(9-14)19(26)27/h2-10H,11H2,1H3,(H,23,24)(H,26,27). The van der Waals surface area contributed by atoms with E-state index < -0.39 is 18.5 Å². The second-order valence-corrected chi connectivity index (χ2v) is 6.95. The molecule has 1 aliphatic rings. The molecule has 0 unspecified atom stereocenters. The first-order chi connectivity index (χ1) is 13.8. The third-order valence-electron chi connectivity index (χ3n) is 3.88. The monoisotopic (exact) mass is 412 g/mol. The van der Waals surface area contributed by atoms with Gasteiger partial charge < -0.3 is 14.9 Å². The number of para-hydroxylation sites is 1. The number of ether oxygens (including phenoxy) is 1. The van der Waals surface area contributed by atoms with Gasteiger partial charge in [0.1, 0.15) is 5.75 Å². The predicted molar refractivity (Wildman–Crippen MR) is 108 cm³/mol. The minimum absolute atomic E-state index is 0.101. The summed E-state index contributed by atoms with van der Waals surface area (Å²) in [5.74, 6) is -2.10. The number of nitrogens with zero attached hydrogens (tertiary/aromatic N) is 2. The molecule has 0 saturated carbocycles. The number of carbonyl (C=O) groups is 3. The largest absolute Gasteiger partial charge is 0.481 e. The summed E-state index contributed by atoms with van der Waals surface area (Å²) in [6.45, 7) is -0.492. The van der Waals surface area contributed by atoms with Crippen LogP contribution in [0.4, 0.5) is 5.69 Å². The van der Waals surface area contributed by atoms with E-state index in [0.29, 0.717) is 27.1 Å². The smallest absolute Gasteiger partial charge is 0.341 e. The van der Waals surface area contributed by atoms with Gasteiger partial charge in [-0.3, -0.25) is 9.69 Å². The maximum Gasteiger partial charge on any atom is 0.341 e. The lowest BCUT2D eigenvalue weighted by atomic mass is 10.2. The van der Waals surface area contributed by atoms with Crippen molar-refractivity contribution in [1.82, 2.24) is 4.90 Å². The highest BCUT2D eigenvalue weighted by atomic mass is 32.2. The van der Waals surface area contributed by atoms with Crippen LogP contribution >= 0.6 is 11.8 Å². The SMILES string of the molecule is CN1C(=O)C(=Cc2ccccc2OCC(=O)O)SC1=Nc1cccc(C(=O)O)c1. The van der Waals surface area contributed by atoms with Gasteiger partial charge in [0.2, 0.25) is 0 Å². The minimum atomic E-state index is -1.10. The van der Waals surface area contributed by atoms with Crippen LogP contribution in [0, 0.1) is 0 Å².